The van der Waals surface area contributed by atoms with E-state index in [0.29, 0.717) is 12.8 Å². The zero-order valence-electron chi connectivity index (χ0n) is 8.89. The van der Waals surface area contributed by atoms with Crippen LogP contribution in [0.3, 0.4) is 0 Å². The molecule has 0 aliphatic heterocycles. The maximum Gasteiger partial charge on any atom is 0.0945 e. The maximum absolute atomic E-state index is 10.3. The van der Waals surface area contributed by atoms with Gasteiger partial charge in [-0.2, -0.15) is 0 Å². The summed E-state index contributed by atoms with van der Waals surface area (Å²) in [6.07, 6.45) is 3.48. The molecule has 0 spiro atoms. The van der Waals surface area contributed by atoms with Crippen LogP contribution in [-0.4, -0.2) is 21.9 Å². The minimum atomic E-state index is -0.903. The lowest BCUT2D eigenvalue weighted by atomic mass is 9.78. The minimum absolute atomic E-state index is 0.563. The largest absolute Gasteiger partial charge is 0.390 e. The Labute approximate surface area is 90.6 Å². The summed E-state index contributed by atoms with van der Waals surface area (Å²) in [4.78, 5) is 0. The Balaban J connectivity index is 2.09. The van der Waals surface area contributed by atoms with Crippen LogP contribution in [0.4, 0.5) is 0 Å². The Morgan fingerprint density at radius 1 is 1.20 bits per heavy atom. The third-order valence-electron chi connectivity index (χ3n) is 3.31. The van der Waals surface area contributed by atoms with Crippen LogP contribution in [-0.2, 0) is 6.42 Å². The van der Waals surface area contributed by atoms with Crippen LogP contribution in [0.1, 0.15) is 31.2 Å². The molecule has 2 atom stereocenters. The maximum atomic E-state index is 10.3. The van der Waals surface area contributed by atoms with Gasteiger partial charge in [-0.25, -0.2) is 0 Å². The van der Waals surface area contributed by atoms with Crippen molar-refractivity contribution < 1.29 is 10.2 Å². The first-order valence-electron chi connectivity index (χ1n) is 5.65. The van der Waals surface area contributed by atoms with Gasteiger partial charge in [0.2, 0.25) is 0 Å². The zero-order valence-corrected chi connectivity index (χ0v) is 8.89. The second-order valence-electron chi connectivity index (χ2n) is 4.53. The molecule has 2 rings (SSSR count). The van der Waals surface area contributed by atoms with Crippen molar-refractivity contribution in [3.63, 3.8) is 0 Å². The van der Waals surface area contributed by atoms with E-state index in [1.54, 1.807) is 0 Å². The monoisotopic (exact) mass is 206 g/mol. The molecule has 15 heavy (non-hydrogen) atoms. The number of rotatable bonds is 2. The molecule has 0 radical (unpaired) electrons. The van der Waals surface area contributed by atoms with Crippen LogP contribution >= 0.6 is 0 Å². The molecule has 1 aromatic rings. The average molecular weight is 206 g/mol. The molecule has 2 N–H and O–H groups in total. The fraction of sp³-hybridized carbons (Fsp3) is 0.538. The highest BCUT2D eigenvalue weighted by molar-refractivity contribution is 5.18. The third kappa shape index (κ3) is 2.39. The average Bonchev–Trinajstić information content (AvgIpc) is 2.24. The fourth-order valence-electron chi connectivity index (χ4n) is 2.36. The molecular formula is C13H18O2. The molecule has 0 unspecified atom stereocenters. The molecule has 1 saturated carbocycles. The van der Waals surface area contributed by atoms with Gasteiger partial charge in [0.1, 0.15) is 0 Å². The SMILES string of the molecule is O[C@H]1CCCC[C@]1(O)Cc1ccccc1. The number of aliphatic hydroxyl groups is 2. The Morgan fingerprint density at radius 2 is 1.93 bits per heavy atom. The molecule has 2 heteroatoms. The van der Waals surface area contributed by atoms with Crippen molar-refractivity contribution in [1.29, 1.82) is 0 Å². The van der Waals surface area contributed by atoms with Crippen LogP contribution in [0.25, 0.3) is 0 Å². The molecule has 1 fully saturated rings. The normalized spacial score (nSPS) is 31.5. The highest BCUT2D eigenvalue weighted by Gasteiger charge is 2.37. The summed E-state index contributed by atoms with van der Waals surface area (Å²) < 4.78 is 0. The minimum Gasteiger partial charge on any atom is -0.390 e. The molecule has 0 bridgehead atoms. The first-order valence-corrected chi connectivity index (χ1v) is 5.65. The van der Waals surface area contributed by atoms with Gasteiger partial charge in [-0.3, -0.25) is 0 Å². The smallest absolute Gasteiger partial charge is 0.0945 e. The summed E-state index contributed by atoms with van der Waals surface area (Å²) in [6.45, 7) is 0. The zero-order chi connectivity index (χ0) is 10.7. The topological polar surface area (TPSA) is 40.5 Å². The van der Waals surface area contributed by atoms with E-state index in [1.165, 1.54) is 0 Å². The predicted octanol–water partition coefficient (Wildman–Crippen LogP) is 1.90. The van der Waals surface area contributed by atoms with E-state index in [2.05, 4.69) is 0 Å². The van der Waals surface area contributed by atoms with Crippen molar-refractivity contribution in [2.45, 2.75) is 43.8 Å². The van der Waals surface area contributed by atoms with Gasteiger partial charge < -0.3 is 10.2 Å². The predicted molar refractivity (Wildman–Crippen MR) is 59.6 cm³/mol. The van der Waals surface area contributed by atoms with Crippen molar-refractivity contribution in [2.75, 3.05) is 0 Å². The fourth-order valence-corrected chi connectivity index (χ4v) is 2.36. The number of hydrogen-bond donors (Lipinski definition) is 2. The lowest BCUT2D eigenvalue weighted by Gasteiger charge is -2.37. The van der Waals surface area contributed by atoms with Gasteiger partial charge >= 0.3 is 0 Å². The third-order valence-corrected chi connectivity index (χ3v) is 3.31. The molecule has 0 aromatic heterocycles. The van der Waals surface area contributed by atoms with Crippen LogP contribution in [0, 0.1) is 0 Å². The summed E-state index contributed by atoms with van der Waals surface area (Å²) in [5.74, 6) is 0. The van der Waals surface area contributed by atoms with E-state index in [4.69, 9.17) is 0 Å². The van der Waals surface area contributed by atoms with E-state index in [0.717, 1.165) is 24.8 Å². The standard InChI is InChI=1S/C13H18O2/c14-12-8-4-5-9-13(12,15)10-11-6-2-1-3-7-11/h1-3,6-7,12,14-15H,4-5,8-10H2/t12-,13-/m0/s1. The lowest BCUT2D eigenvalue weighted by molar-refractivity contribution is -0.0988. The Kier molecular flexibility index (Phi) is 3.08. The van der Waals surface area contributed by atoms with Crippen LogP contribution in [0.2, 0.25) is 0 Å². The van der Waals surface area contributed by atoms with Gasteiger partial charge in [-0.1, -0.05) is 43.2 Å². The van der Waals surface area contributed by atoms with Gasteiger partial charge in [0.25, 0.3) is 0 Å². The summed E-state index contributed by atoms with van der Waals surface area (Å²) in [5, 5.41) is 20.2. The van der Waals surface area contributed by atoms with Crippen LogP contribution in [0.15, 0.2) is 30.3 Å². The summed E-state index contributed by atoms with van der Waals surface area (Å²) >= 11 is 0. The van der Waals surface area contributed by atoms with E-state index < -0.39 is 11.7 Å². The van der Waals surface area contributed by atoms with Crippen molar-refractivity contribution in [1.82, 2.24) is 0 Å². The number of hydrogen-bond acceptors (Lipinski definition) is 2. The van der Waals surface area contributed by atoms with Gasteiger partial charge in [0.05, 0.1) is 11.7 Å². The van der Waals surface area contributed by atoms with Crippen molar-refractivity contribution in [3.05, 3.63) is 35.9 Å². The molecule has 0 saturated heterocycles. The highest BCUT2D eigenvalue weighted by atomic mass is 16.3. The van der Waals surface area contributed by atoms with E-state index in [-0.39, 0.29) is 0 Å². The summed E-state index contributed by atoms with van der Waals surface area (Å²) in [7, 11) is 0. The summed E-state index contributed by atoms with van der Waals surface area (Å²) in [5.41, 5.74) is 0.195. The molecule has 82 valence electrons. The van der Waals surface area contributed by atoms with E-state index in [1.807, 2.05) is 30.3 Å². The molecule has 1 aromatic carbocycles. The van der Waals surface area contributed by atoms with Gasteiger partial charge in [0, 0.05) is 6.42 Å². The number of benzene rings is 1. The molecule has 0 heterocycles. The van der Waals surface area contributed by atoms with Gasteiger partial charge in [-0.05, 0) is 18.4 Å². The molecule has 2 nitrogen and oxygen atoms in total. The molecule has 1 aliphatic carbocycles. The quantitative estimate of drug-likeness (QED) is 0.775. The second-order valence-corrected chi connectivity index (χ2v) is 4.53. The van der Waals surface area contributed by atoms with Crippen molar-refractivity contribution >= 4 is 0 Å². The second kappa shape index (κ2) is 4.33. The van der Waals surface area contributed by atoms with Crippen LogP contribution < -0.4 is 0 Å². The van der Waals surface area contributed by atoms with Crippen molar-refractivity contribution in [2.24, 2.45) is 0 Å². The molecule has 0 amide bonds. The van der Waals surface area contributed by atoms with E-state index >= 15 is 0 Å². The Morgan fingerprint density at radius 3 is 2.60 bits per heavy atom. The molecule has 1 aliphatic rings. The first-order chi connectivity index (χ1) is 7.21. The lowest BCUT2D eigenvalue weighted by Crippen LogP contribution is -2.46. The molecular weight excluding hydrogens is 188 g/mol. The van der Waals surface area contributed by atoms with Gasteiger partial charge in [0.15, 0.2) is 0 Å². The van der Waals surface area contributed by atoms with Crippen molar-refractivity contribution in [3.8, 4) is 0 Å². The highest BCUT2D eigenvalue weighted by Crippen LogP contribution is 2.31. The summed E-state index contributed by atoms with van der Waals surface area (Å²) in [6, 6.07) is 9.89. The van der Waals surface area contributed by atoms with Crippen LogP contribution in [0.5, 0.6) is 0 Å². The first kappa shape index (κ1) is 10.7. The Hall–Kier alpha value is -0.860. The van der Waals surface area contributed by atoms with E-state index in [9.17, 15) is 10.2 Å². The number of aliphatic hydroxyl groups excluding tert-OH is 1. The Bertz CT molecular complexity index is 310. The van der Waals surface area contributed by atoms with Gasteiger partial charge in [-0.15, -0.1) is 0 Å².